The molecule has 2 aliphatic heterocycles. The lowest BCUT2D eigenvalue weighted by atomic mass is 10.0. The van der Waals surface area contributed by atoms with Crippen LogP contribution in [0.5, 0.6) is 0 Å². The largest absolute Gasteiger partial charge is 0.320 e. The van der Waals surface area contributed by atoms with Crippen molar-refractivity contribution in [2.24, 2.45) is 18.9 Å². The molecule has 1 aromatic heterocycles. The van der Waals surface area contributed by atoms with E-state index in [9.17, 15) is 0 Å². The highest BCUT2D eigenvalue weighted by molar-refractivity contribution is 4.94. The lowest BCUT2D eigenvalue weighted by molar-refractivity contribution is 0.294. The molecule has 82 valence electrons. The number of hydrogen-bond donors (Lipinski definition) is 1. The van der Waals surface area contributed by atoms with Crippen LogP contribution in [0.1, 0.15) is 5.82 Å². The van der Waals surface area contributed by atoms with Gasteiger partial charge in [-0.3, -0.25) is 4.90 Å². The number of aromatic nitrogens is 3. The Bertz CT molecular complexity index is 335. The highest BCUT2D eigenvalue weighted by Gasteiger charge is 2.36. The van der Waals surface area contributed by atoms with E-state index in [0.717, 1.165) is 24.2 Å². The van der Waals surface area contributed by atoms with E-state index in [1.807, 2.05) is 11.6 Å². The van der Waals surface area contributed by atoms with Gasteiger partial charge in [-0.1, -0.05) is 0 Å². The molecule has 15 heavy (non-hydrogen) atoms. The average Bonchev–Trinajstić information content (AvgIpc) is 2.83. The van der Waals surface area contributed by atoms with E-state index in [1.54, 1.807) is 6.33 Å². The second-order valence-corrected chi connectivity index (χ2v) is 4.73. The van der Waals surface area contributed by atoms with Crippen LogP contribution >= 0.6 is 0 Å². The Kier molecular flexibility index (Phi) is 2.21. The molecule has 0 spiro atoms. The van der Waals surface area contributed by atoms with Crippen LogP contribution in [0.4, 0.5) is 0 Å². The summed E-state index contributed by atoms with van der Waals surface area (Å²) in [5, 5.41) is 11.5. The first-order chi connectivity index (χ1) is 7.33. The SMILES string of the molecule is Cn1cnnc1CN1C[C@H]2CNC[C@H]2C1. The van der Waals surface area contributed by atoms with Gasteiger partial charge < -0.3 is 9.88 Å². The minimum absolute atomic E-state index is 0.859. The zero-order chi connectivity index (χ0) is 10.3. The molecule has 1 N–H and O–H groups in total. The van der Waals surface area contributed by atoms with Crippen LogP contribution in [0.15, 0.2) is 6.33 Å². The van der Waals surface area contributed by atoms with Gasteiger partial charge >= 0.3 is 0 Å². The Morgan fingerprint density at radius 2 is 2.13 bits per heavy atom. The predicted octanol–water partition coefficient (Wildman–Crippen LogP) is -0.534. The number of fused-ring (bicyclic) bond motifs is 1. The summed E-state index contributed by atoms with van der Waals surface area (Å²) in [5.74, 6) is 2.79. The van der Waals surface area contributed by atoms with Crippen LogP contribution in [-0.2, 0) is 13.6 Å². The summed E-state index contributed by atoms with van der Waals surface area (Å²) in [5.41, 5.74) is 0. The first-order valence-corrected chi connectivity index (χ1v) is 5.59. The molecule has 1 aromatic rings. The molecule has 0 bridgehead atoms. The molecule has 0 aromatic carbocycles. The summed E-state index contributed by atoms with van der Waals surface area (Å²) >= 11 is 0. The molecule has 2 fully saturated rings. The second kappa shape index (κ2) is 3.57. The van der Waals surface area contributed by atoms with Crippen molar-refractivity contribution in [3.63, 3.8) is 0 Å². The molecule has 0 aliphatic carbocycles. The van der Waals surface area contributed by atoms with Gasteiger partial charge in [-0.25, -0.2) is 0 Å². The fourth-order valence-corrected chi connectivity index (χ4v) is 2.73. The number of rotatable bonds is 2. The molecule has 3 rings (SSSR count). The molecule has 3 heterocycles. The highest BCUT2D eigenvalue weighted by Crippen LogP contribution is 2.26. The molecule has 2 aliphatic rings. The van der Waals surface area contributed by atoms with E-state index >= 15 is 0 Å². The van der Waals surface area contributed by atoms with Crippen LogP contribution in [0, 0.1) is 11.8 Å². The van der Waals surface area contributed by atoms with Crippen molar-refractivity contribution in [1.29, 1.82) is 0 Å². The van der Waals surface area contributed by atoms with Gasteiger partial charge in [0.15, 0.2) is 0 Å². The van der Waals surface area contributed by atoms with E-state index in [4.69, 9.17) is 0 Å². The third-order valence-electron chi connectivity index (χ3n) is 3.64. The number of hydrogen-bond acceptors (Lipinski definition) is 4. The van der Waals surface area contributed by atoms with E-state index < -0.39 is 0 Å². The van der Waals surface area contributed by atoms with E-state index in [1.165, 1.54) is 26.2 Å². The maximum absolute atomic E-state index is 4.13. The summed E-state index contributed by atoms with van der Waals surface area (Å²) in [6.07, 6.45) is 1.77. The first-order valence-electron chi connectivity index (χ1n) is 5.59. The van der Waals surface area contributed by atoms with Crippen molar-refractivity contribution in [3.8, 4) is 0 Å². The van der Waals surface area contributed by atoms with E-state index in [0.29, 0.717) is 0 Å². The van der Waals surface area contributed by atoms with Gasteiger partial charge in [0, 0.05) is 20.1 Å². The molecule has 5 nitrogen and oxygen atoms in total. The summed E-state index contributed by atoms with van der Waals surface area (Å²) in [6.45, 7) is 5.76. The standard InChI is InChI=1S/C10H17N5/c1-14-7-12-13-10(14)6-15-4-8-2-11-3-9(8)5-15/h7-9,11H,2-6H2,1H3/t8-,9+. The predicted molar refractivity (Wildman–Crippen MR) is 56.1 cm³/mol. The van der Waals surface area contributed by atoms with E-state index in [-0.39, 0.29) is 0 Å². The second-order valence-electron chi connectivity index (χ2n) is 4.73. The molecule has 2 saturated heterocycles. The van der Waals surface area contributed by atoms with Crippen molar-refractivity contribution in [3.05, 3.63) is 12.2 Å². The Labute approximate surface area is 89.5 Å². The fourth-order valence-electron chi connectivity index (χ4n) is 2.73. The minimum atomic E-state index is 0.859. The van der Waals surface area contributed by atoms with Crippen molar-refractivity contribution in [2.45, 2.75) is 6.54 Å². The van der Waals surface area contributed by atoms with Crippen molar-refractivity contribution in [1.82, 2.24) is 25.0 Å². The first kappa shape index (κ1) is 9.30. The number of nitrogens with zero attached hydrogens (tertiary/aromatic N) is 4. The summed E-state index contributed by atoms with van der Waals surface area (Å²) in [6, 6.07) is 0. The molecular weight excluding hydrogens is 190 g/mol. The lowest BCUT2D eigenvalue weighted by Gasteiger charge is -2.15. The van der Waals surface area contributed by atoms with Gasteiger partial charge in [0.25, 0.3) is 0 Å². The minimum Gasteiger partial charge on any atom is -0.320 e. The maximum Gasteiger partial charge on any atom is 0.146 e. The Balaban J connectivity index is 1.64. The zero-order valence-corrected chi connectivity index (χ0v) is 9.06. The highest BCUT2D eigenvalue weighted by atomic mass is 15.3. The van der Waals surface area contributed by atoms with Gasteiger partial charge in [0.05, 0.1) is 6.54 Å². The maximum atomic E-state index is 4.13. The average molecular weight is 207 g/mol. The molecule has 0 radical (unpaired) electrons. The van der Waals surface area contributed by atoms with Crippen LogP contribution in [0.3, 0.4) is 0 Å². The normalized spacial score (nSPS) is 31.0. The van der Waals surface area contributed by atoms with Gasteiger partial charge in [0.2, 0.25) is 0 Å². The molecular formula is C10H17N5. The molecule has 5 heteroatoms. The van der Waals surface area contributed by atoms with Crippen LogP contribution in [-0.4, -0.2) is 45.8 Å². The van der Waals surface area contributed by atoms with Crippen LogP contribution < -0.4 is 5.32 Å². The van der Waals surface area contributed by atoms with Gasteiger partial charge in [-0.05, 0) is 24.9 Å². The Hall–Kier alpha value is -0.940. The quantitative estimate of drug-likeness (QED) is 0.708. The zero-order valence-electron chi connectivity index (χ0n) is 9.06. The van der Waals surface area contributed by atoms with Gasteiger partial charge in [-0.15, -0.1) is 10.2 Å². The number of likely N-dealkylation sites (tertiary alicyclic amines) is 1. The van der Waals surface area contributed by atoms with Gasteiger partial charge in [-0.2, -0.15) is 0 Å². The molecule has 2 atom stereocenters. The molecule has 0 amide bonds. The summed E-state index contributed by atoms with van der Waals surface area (Å²) < 4.78 is 2.01. The number of aryl methyl sites for hydroxylation is 1. The smallest absolute Gasteiger partial charge is 0.146 e. The molecule has 0 saturated carbocycles. The molecule has 0 unspecified atom stereocenters. The Morgan fingerprint density at radius 1 is 1.40 bits per heavy atom. The third-order valence-corrected chi connectivity index (χ3v) is 3.64. The van der Waals surface area contributed by atoms with Crippen molar-refractivity contribution >= 4 is 0 Å². The number of nitrogens with one attached hydrogen (secondary N) is 1. The fraction of sp³-hybridized carbons (Fsp3) is 0.800. The third kappa shape index (κ3) is 1.66. The summed E-state index contributed by atoms with van der Waals surface area (Å²) in [7, 11) is 2.01. The van der Waals surface area contributed by atoms with Crippen molar-refractivity contribution in [2.75, 3.05) is 26.2 Å². The van der Waals surface area contributed by atoms with Crippen LogP contribution in [0.2, 0.25) is 0 Å². The van der Waals surface area contributed by atoms with E-state index in [2.05, 4.69) is 20.4 Å². The van der Waals surface area contributed by atoms with Crippen molar-refractivity contribution < 1.29 is 0 Å². The lowest BCUT2D eigenvalue weighted by Crippen LogP contribution is -2.26. The summed E-state index contributed by atoms with van der Waals surface area (Å²) in [4.78, 5) is 2.50. The Morgan fingerprint density at radius 3 is 2.73 bits per heavy atom. The van der Waals surface area contributed by atoms with Gasteiger partial charge in [0.1, 0.15) is 12.2 Å². The van der Waals surface area contributed by atoms with Crippen LogP contribution in [0.25, 0.3) is 0 Å². The topological polar surface area (TPSA) is 46.0 Å². The monoisotopic (exact) mass is 207 g/mol.